The van der Waals surface area contributed by atoms with Crippen molar-refractivity contribution in [2.45, 2.75) is 88.8 Å². The maximum atomic E-state index is 10.2. The molecule has 0 aliphatic heterocycles. The number of hydrogen-bond acceptors (Lipinski definition) is 5. The maximum absolute atomic E-state index is 10.2. The summed E-state index contributed by atoms with van der Waals surface area (Å²) in [6.07, 6.45) is 0.861. The molecular weight excluding hydrogens is 355 g/mol. The van der Waals surface area contributed by atoms with Crippen LogP contribution < -0.4 is 5.73 Å². The Morgan fingerprint density at radius 2 is 1.28 bits per heavy atom. The Kier molecular flexibility index (Phi) is 78.2. The van der Waals surface area contributed by atoms with Gasteiger partial charge in [-0.2, -0.15) is 6.92 Å². The van der Waals surface area contributed by atoms with Gasteiger partial charge in [-0.15, -0.1) is 6.54 Å². The van der Waals surface area contributed by atoms with Crippen LogP contribution in [0.3, 0.4) is 0 Å². The molecule has 0 heterocycles. The van der Waals surface area contributed by atoms with Crippen LogP contribution >= 0.6 is 0 Å². The molecule has 0 saturated heterocycles. The van der Waals surface area contributed by atoms with E-state index in [0.717, 1.165) is 6.32 Å². The molecule has 0 fully saturated rings. The molecule has 0 aliphatic rings. The Morgan fingerprint density at radius 3 is 1.28 bits per heavy atom. The summed E-state index contributed by atoms with van der Waals surface area (Å²) in [5.74, 6) is -0.225. The smallest absolute Gasteiger partial charge is 0.460 e. The third-order valence-corrected chi connectivity index (χ3v) is 1.04. The van der Waals surface area contributed by atoms with E-state index in [9.17, 15) is 4.79 Å². The van der Waals surface area contributed by atoms with Crippen molar-refractivity contribution in [1.29, 1.82) is 0 Å². The Labute approximate surface area is 173 Å². The van der Waals surface area contributed by atoms with E-state index >= 15 is 0 Å². The zero-order valence-corrected chi connectivity index (χ0v) is 18.1. The molecule has 0 unspecified atom stereocenters. The molecular formula is C17H47B2NO4V. The van der Waals surface area contributed by atoms with E-state index in [2.05, 4.69) is 13.8 Å². The van der Waals surface area contributed by atoms with Crippen LogP contribution in [0.15, 0.2) is 0 Å². The zero-order chi connectivity index (χ0) is 19.4. The molecule has 0 bridgehead atoms. The number of ether oxygens (including phenoxy) is 1. The molecule has 0 rings (SSSR count). The van der Waals surface area contributed by atoms with E-state index in [-0.39, 0.29) is 58.8 Å². The van der Waals surface area contributed by atoms with Crippen LogP contribution in [0.5, 0.6) is 0 Å². The molecule has 155 valence electrons. The summed E-state index contributed by atoms with van der Waals surface area (Å²) in [7, 11) is 0. The SMILES string of the molecule is C.C.CB(C)O.CC(=O)OC(C)(C)C.CCB(C)O.[CH2-]C.[CH2-]CN.[V+2]. The zero-order valence-electron chi connectivity index (χ0n) is 16.7. The topological polar surface area (TPSA) is 92.8 Å². The van der Waals surface area contributed by atoms with Gasteiger partial charge in [-0.1, -0.05) is 48.6 Å². The van der Waals surface area contributed by atoms with Crippen LogP contribution in [0.25, 0.3) is 0 Å². The first-order valence-corrected chi connectivity index (χ1v) is 7.59. The number of hydrogen-bond donors (Lipinski definition) is 3. The van der Waals surface area contributed by atoms with Crippen molar-refractivity contribution in [3.05, 3.63) is 13.8 Å². The number of esters is 1. The van der Waals surface area contributed by atoms with E-state index in [1.165, 1.54) is 6.92 Å². The molecule has 0 aromatic rings. The third kappa shape index (κ3) is 235. The molecule has 4 N–H and O–H groups in total. The average Bonchev–Trinajstić information content (AvgIpc) is 2.29. The fourth-order valence-corrected chi connectivity index (χ4v) is 0.431. The summed E-state index contributed by atoms with van der Waals surface area (Å²) < 4.78 is 4.80. The van der Waals surface area contributed by atoms with Crippen LogP contribution in [-0.4, -0.2) is 42.0 Å². The Balaban J connectivity index is -0.0000000252. The van der Waals surface area contributed by atoms with E-state index in [1.54, 1.807) is 27.4 Å². The van der Waals surface area contributed by atoms with Crippen molar-refractivity contribution < 1.29 is 38.1 Å². The van der Waals surface area contributed by atoms with Crippen LogP contribution in [0.2, 0.25) is 26.8 Å². The van der Waals surface area contributed by atoms with E-state index < -0.39 is 0 Å². The first-order valence-electron chi connectivity index (χ1n) is 7.59. The van der Waals surface area contributed by atoms with Gasteiger partial charge in [0.25, 0.3) is 13.8 Å². The van der Waals surface area contributed by atoms with Crippen LogP contribution in [0.1, 0.15) is 56.4 Å². The van der Waals surface area contributed by atoms with E-state index in [0.29, 0.717) is 6.54 Å². The molecule has 25 heavy (non-hydrogen) atoms. The van der Waals surface area contributed by atoms with Gasteiger partial charge < -0.3 is 34.4 Å². The first kappa shape index (κ1) is 49.8. The second-order valence-corrected chi connectivity index (χ2v) is 5.35. The second kappa shape index (κ2) is 39.2. The van der Waals surface area contributed by atoms with Gasteiger partial charge in [-0.3, -0.25) is 4.79 Å². The molecule has 0 saturated carbocycles. The van der Waals surface area contributed by atoms with Crippen molar-refractivity contribution in [1.82, 2.24) is 0 Å². The van der Waals surface area contributed by atoms with Crippen LogP contribution in [0.4, 0.5) is 0 Å². The van der Waals surface area contributed by atoms with Gasteiger partial charge in [0, 0.05) is 6.92 Å². The third-order valence-electron chi connectivity index (χ3n) is 1.04. The van der Waals surface area contributed by atoms with Gasteiger partial charge in [0.1, 0.15) is 5.60 Å². The Hall–Kier alpha value is 0.0643. The predicted molar refractivity (Wildman–Crippen MR) is 114 cm³/mol. The minimum Gasteiger partial charge on any atom is -0.460 e. The summed E-state index contributed by atoms with van der Waals surface area (Å²) in [5, 5.41) is 16.4. The van der Waals surface area contributed by atoms with Gasteiger partial charge in [0.05, 0.1) is 0 Å². The van der Waals surface area contributed by atoms with Crippen molar-refractivity contribution >= 4 is 19.8 Å². The van der Waals surface area contributed by atoms with Gasteiger partial charge in [0.2, 0.25) is 0 Å². The Bertz CT molecular complexity index is 201. The summed E-state index contributed by atoms with van der Waals surface area (Å²) in [4.78, 5) is 10.2. The van der Waals surface area contributed by atoms with Gasteiger partial charge in [-0.05, 0) is 20.8 Å². The summed E-state index contributed by atoms with van der Waals surface area (Å²) in [6, 6.07) is 0. The molecule has 8 heteroatoms. The molecule has 0 amide bonds. The molecule has 5 nitrogen and oxygen atoms in total. The fraction of sp³-hybridized carbons (Fsp3) is 0.824. The van der Waals surface area contributed by atoms with Gasteiger partial charge >= 0.3 is 24.5 Å². The summed E-state index contributed by atoms with van der Waals surface area (Å²) in [6.45, 7) is 22.6. The normalized spacial score (nSPS) is 7.12. The van der Waals surface area contributed by atoms with Gasteiger partial charge in [0.15, 0.2) is 0 Å². The summed E-state index contributed by atoms with van der Waals surface area (Å²) >= 11 is 0. The van der Waals surface area contributed by atoms with Crippen molar-refractivity contribution in [2.75, 3.05) is 6.54 Å². The molecule has 1 radical (unpaired) electrons. The number of rotatable bonds is 1. The predicted octanol–water partition coefficient (Wildman–Crippen LogP) is 4.09. The van der Waals surface area contributed by atoms with Crippen molar-refractivity contribution in [3.63, 3.8) is 0 Å². The van der Waals surface area contributed by atoms with Gasteiger partial charge in [-0.25, -0.2) is 0 Å². The van der Waals surface area contributed by atoms with Crippen molar-refractivity contribution in [2.24, 2.45) is 5.73 Å². The second-order valence-electron chi connectivity index (χ2n) is 5.35. The number of carbonyl (C=O) groups excluding carboxylic acids is 1. The van der Waals surface area contributed by atoms with Crippen LogP contribution in [-0.2, 0) is 28.1 Å². The minimum atomic E-state index is -0.328. The standard InChI is InChI=1S/C6H12O2.C3H9BO.C2H7BO.C2H6N.C2H5.2CH4.V/c1-5(7)8-6(2,3)4;1-3-4(2)5;1-3(2)4;1-2-3;1-2;;;/h1-4H3;5H,3H2,1-2H3;4H,1-2H3;1-3H2;1H2,2H3;2*1H4;/q;;;2*-1;;;+2. The molecule has 0 atom stereocenters. The fourth-order valence-electron chi connectivity index (χ4n) is 0.431. The summed E-state index contributed by atoms with van der Waals surface area (Å²) in [5.41, 5.74) is 4.41. The first-order chi connectivity index (χ1) is 9.83. The number of nitrogens with two attached hydrogens (primary N) is 1. The largest absolute Gasteiger partial charge is 2.00 e. The molecule has 0 aromatic heterocycles. The molecule has 0 spiro atoms. The monoisotopic (exact) mass is 402 g/mol. The maximum Gasteiger partial charge on any atom is 2.00 e. The average molecular weight is 402 g/mol. The minimum absolute atomic E-state index is 0. The van der Waals surface area contributed by atoms with E-state index in [4.69, 9.17) is 20.5 Å². The van der Waals surface area contributed by atoms with Crippen LogP contribution in [0, 0.1) is 13.8 Å². The number of carbonyl (C=O) groups is 1. The van der Waals surface area contributed by atoms with Crippen molar-refractivity contribution in [3.8, 4) is 0 Å². The molecule has 0 aromatic carbocycles. The van der Waals surface area contributed by atoms with E-state index in [1.807, 2.05) is 27.7 Å². The Morgan fingerprint density at radius 1 is 1.12 bits per heavy atom. The quantitative estimate of drug-likeness (QED) is 0.349. The molecule has 0 aliphatic carbocycles.